The predicted octanol–water partition coefficient (Wildman–Crippen LogP) is 5.96. The second-order valence-electron chi connectivity index (χ2n) is 5.72. The van der Waals surface area contributed by atoms with Crippen LogP contribution in [0.2, 0.25) is 0 Å². The van der Waals surface area contributed by atoms with Crippen LogP contribution in [0.25, 0.3) is 0 Å². The molecule has 0 spiro atoms. The van der Waals surface area contributed by atoms with Crippen molar-refractivity contribution in [3.63, 3.8) is 0 Å². The van der Waals surface area contributed by atoms with Crippen LogP contribution in [-0.2, 0) is 11.2 Å². The summed E-state index contributed by atoms with van der Waals surface area (Å²) < 4.78 is 0. The number of aromatic nitrogens is 1. The molecule has 0 N–H and O–H groups in total. The molecule has 1 atom stereocenters. The molecule has 24 heavy (non-hydrogen) atoms. The first-order valence-electron chi connectivity index (χ1n) is 8.97. The van der Waals surface area contributed by atoms with Gasteiger partial charge < -0.3 is 0 Å². The van der Waals surface area contributed by atoms with Crippen molar-refractivity contribution in [1.82, 2.24) is 4.98 Å². The Morgan fingerprint density at radius 3 is 2.08 bits per heavy atom. The number of Topliss-reactive ketones (excluding diaryl/α,β-unsaturated/α-hetero) is 1. The standard InChI is InChI=1S/C13H19NO.C7H8.C2H6/c1-4-6-12(11(3)15)9-13-10(2)7-5-8-14-13;1-7-5-3-2-4-6-7;1-2/h5,7-8,12H,4,6,9H2,1-3H3;2-6H,1H3;1-2H3. The molecule has 0 saturated heterocycles. The van der Waals surface area contributed by atoms with Gasteiger partial charge in [-0.1, -0.05) is 69.2 Å². The van der Waals surface area contributed by atoms with Crippen molar-refractivity contribution in [1.29, 1.82) is 0 Å². The number of pyridine rings is 1. The monoisotopic (exact) mass is 327 g/mol. The Balaban J connectivity index is 0.000000488. The molecule has 0 amide bonds. The lowest BCUT2D eigenvalue weighted by atomic mass is 9.93. The van der Waals surface area contributed by atoms with Crippen molar-refractivity contribution < 1.29 is 4.79 Å². The lowest BCUT2D eigenvalue weighted by molar-refractivity contribution is -0.120. The van der Waals surface area contributed by atoms with E-state index in [4.69, 9.17) is 0 Å². The molecule has 0 aliphatic rings. The third-order valence-corrected chi connectivity index (χ3v) is 3.71. The fourth-order valence-corrected chi connectivity index (χ4v) is 2.30. The number of nitrogens with zero attached hydrogens (tertiary/aromatic N) is 1. The van der Waals surface area contributed by atoms with Crippen LogP contribution in [0.1, 0.15) is 57.4 Å². The normalized spacial score (nSPS) is 10.6. The molecule has 2 rings (SSSR count). The highest BCUT2D eigenvalue weighted by molar-refractivity contribution is 5.78. The number of carbonyl (C=O) groups excluding carboxylic acids is 1. The van der Waals surface area contributed by atoms with E-state index in [1.165, 1.54) is 11.1 Å². The van der Waals surface area contributed by atoms with Gasteiger partial charge in [0.05, 0.1) is 0 Å². The zero-order valence-corrected chi connectivity index (χ0v) is 16.2. The Morgan fingerprint density at radius 2 is 1.67 bits per heavy atom. The molecule has 132 valence electrons. The molecular formula is C22H33NO. The van der Waals surface area contributed by atoms with Crippen molar-refractivity contribution in [3.05, 3.63) is 65.5 Å². The summed E-state index contributed by atoms with van der Waals surface area (Å²) in [5.74, 6) is 0.422. The first kappa shape index (κ1) is 22.0. The third kappa shape index (κ3) is 9.24. The van der Waals surface area contributed by atoms with E-state index < -0.39 is 0 Å². The van der Waals surface area contributed by atoms with E-state index in [1.807, 2.05) is 51.1 Å². The van der Waals surface area contributed by atoms with Gasteiger partial charge in [0.25, 0.3) is 0 Å². The average Bonchev–Trinajstić information content (AvgIpc) is 2.59. The summed E-state index contributed by atoms with van der Waals surface area (Å²) in [6, 6.07) is 14.2. The molecule has 0 bridgehead atoms. The van der Waals surface area contributed by atoms with Crippen LogP contribution in [0, 0.1) is 19.8 Å². The van der Waals surface area contributed by atoms with Crippen LogP contribution in [-0.4, -0.2) is 10.8 Å². The van der Waals surface area contributed by atoms with Gasteiger partial charge in [0, 0.05) is 17.8 Å². The highest BCUT2D eigenvalue weighted by Crippen LogP contribution is 2.16. The summed E-state index contributed by atoms with van der Waals surface area (Å²) in [5.41, 5.74) is 3.56. The van der Waals surface area contributed by atoms with E-state index in [9.17, 15) is 4.79 Å². The molecule has 1 unspecified atom stereocenters. The third-order valence-electron chi connectivity index (χ3n) is 3.71. The fraction of sp³-hybridized carbons (Fsp3) is 0.455. The topological polar surface area (TPSA) is 30.0 Å². The lowest BCUT2D eigenvalue weighted by Gasteiger charge is -2.13. The van der Waals surface area contributed by atoms with E-state index in [2.05, 4.69) is 31.0 Å². The quantitative estimate of drug-likeness (QED) is 0.678. The molecule has 0 saturated carbocycles. The predicted molar refractivity (Wildman–Crippen MR) is 104 cm³/mol. The van der Waals surface area contributed by atoms with Gasteiger partial charge in [-0.25, -0.2) is 0 Å². The number of hydrogen-bond acceptors (Lipinski definition) is 2. The van der Waals surface area contributed by atoms with Gasteiger partial charge in [0.1, 0.15) is 5.78 Å². The Bertz CT molecular complexity index is 563. The summed E-state index contributed by atoms with van der Waals surface area (Å²) in [7, 11) is 0. The SMILES string of the molecule is CC.CCCC(Cc1ncccc1C)C(C)=O.Cc1ccccc1. The average molecular weight is 328 g/mol. The maximum Gasteiger partial charge on any atom is 0.133 e. The van der Waals surface area contributed by atoms with Gasteiger partial charge in [0.15, 0.2) is 0 Å². The smallest absolute Gasteiger partial charge is 0.133 e. The van der Waals surface area contributed by atoms with E-state index in [1.54, 1.807) is 13.1 Å². The van der Waals surface area contributed by atoms with E-state index >= 15 is 0 Å². The molecule has 2 aromatic rings. The van der Waals surface area contributed by atoms with Gasteiger partial charge in [-0.3, -0.25) is 9.78 Å². The first-order chi connectivity index (χ1) is 11.5. The summed E-state index contributed by atoms with van der Waals surface area (Å²) in [5, 5.41) is 0. The number of hydrogen-bond donors (Lipinski definition) is 0. The Kier molecular flexibility index (Phi) is 12.4. The summed E-state index contributed by atoms with van der Waals surface area (Å²) in [6.07, 6.45) is 4.60. The number of aryl methyl sites for hydroxylation is 2. The highest BCUT2D eigenvalue weighted by Gasteiger charge is 2.15. The second-order valence-corrected chi connectivity index (χ2v) is 5.72. The van der Waals surface area contributed by atoms with Gasteiger partial charge in [-0.05, 0) is 45.2 Å². The minimum atomic E-state index is 0.142. The van der Waals surface area contributed by atoms with E-state index in [-0.39, 0.29) is 11.7 Å². The largest absolute Gasteiger partial charge is 0.300 e. The molecule has 1 aromatic heterocycles. The highest BCUT2D eigenvalue weighted by atomic mass is 16.1. The van der Waals surface area contributed by atoms with Gasteiger partial charge in [-0.15, -0.1) is 0 Å². The van der Waals surface area contributed by atoms with Crippen LogP contribution in [0.3, 0.4) is 0 Å². The maximum absolute atomic E-state index is 11.4. The van der Waals surface area contributed by atoms with Crippen molar-refractivity contribution in [2.24, 2.45) is 5.92 Å². The number of benzene rings is 1. The molecule has 0 aliphatic heterocycles. The lowest BCUT2D eigenvalue weighted by Crippen LogP contribution is -2.15. The van der Waals surface area contributed by atoms with Crippen molar-refractivity contribution >= 4 is 5.78 Å². The molecular weight excluding hydrogens is 294 g/mol. The Hall–Kier alpha value is -1.96. The molecule has 1 aromatic carbocycles. The van der Waals surface area contributed by atoms with Crippen LogP contribution >= 0.6 is 0 Å². The summed E-state index contributed by atoms with van der Waals surface area (Å²) in [6.45, 7) is 11.9. The van der Waals surface area contributed by atoms with Crippen LogP contribution < -0.4 is 0 Å². The Labute approximate surface area is 148 Å². The molecule has 0 fully saturated rings. The van der Waals surface area contributed by atoms with E-state index in [0.717, 1.165) is 25.0 Å². The summed E-state index contributed by atoms with van der Waals surface area (Å²) in [4.78, 5) is 15.8. The zero-order valence-electron chi connectivity index (χ0n) is 16.2. The van der Waals surface area contributed by atoms with Crippen LogP contribution in [0.15, 0.2) is 48.7 Å². The van der Waals surface area contributed by atoms with Crippen molar-refractivity contribution in [2.45, 2.75) is 60.8 Å². The fourth-order valence-electron chi connectivity index (χ4n) is 2.30. The molecule has 0 aliphatic carbocycles. The summed E-state index contributed by atoms with van der Waals surface area (Å²) >= 11 is 0. The van der Waals surface area contributed by atoms with Crippen LogP contribution in [0.5, 0.6) is 0 Å². The molecule has 2 nitrogen and oxygen atoms in total. The minimum absolute atomic E-state index is 0.142. The van der Waals surface area contributed by atoms with Crippen molar-refractivity contribution in [3.8, 4) is 0 Å². The van der Waals surface area contributed by atoms with Crippen LogP contribution in [0.4, 0.5) is 0 Å². The van der Waals surface area contributed by atoms with Gasteiger partial charge >= 0.3 is 0 Å². The van der Waals surface area contributed by atoms with Gasteiger partial charge in [0.2, 0.25) is 0 Å². The maximum atomic E-state index is 11.4. The Morgan fingerprint density at radius 1 is 1.04 bits per heavy atom. The number of ketones is 1. The molecule has 1 heterocycles. The van der Waals surface area contributed by atoms with Crippen molar-refractivity contribution in [2.75, 3.05) is 0 Å². The number of rotatable bonds is 5. The van der Waals surface area contributed by atoms with Gasteiger partial charge in [-0.2, -0.15) is 0 Å². The minimum Gasteiger partial charge on any atom is -0.300 e. The molecule has 2 heteroatoms. The first-order valence-corrected chi connectivity index (χ1v) is 8.97. The second kappa shape index (κ2) is 13.5. The zero-order chi connectivity index (χ0) is 18.4. The molecule has 0 radical (unpaired) electrons. The van der Waals surface area contributed by atoms with E-state index in [0.29, 0.717) is 0 Å². The number of carbonyl (C=O) groups is 1.